The Hall–Kier alpha value is -1.61. The van der Waals surface area contributed by atoms with Crippen molar-refractivity contribution in [2.45, 2.75) is 19.8 Å². The Bertz CT molecular complexity index is 578. The highest BCUT2D eigenvalue weighted by Gasteiger charge is 2.07. The highest BCUT2D eigenvalue weighted by Crippen LogP contribution is 2.15. The van der Waals surface area contributed by atoms with E-state index in [2.05, 4.69) is 52.4 Å². The van der Waals surface area contributed by atoms with E-state index in [9.17, 15) is 4.79 Å². The lowest BCUT2D eigenvalue weighted by molar-refractivity contribution is 0.0952. The maximum Gasteiger partial charge on any atom is 0.252 e. The number of rotatable bonds is 5. The third kappa shape index (κ3) is 4.20. The second-order valence-corrected chi connectivity index (χ2v) is 5.68. The fourth-order valence-electron chi connectivity index (χ4n) is 1.99. The van der Waals surface area contributed by atoms with E-state index in [1.165, 1.54) is 11.1 Å². The summed E-state index contributed by atoms with van der Waals surface area (Å²) in [5.74, 6) is -0.0265. The van der Waals surface area contributed by atoms with Crippen molar-refractivity contribution in [1.29, 1.82) is 0 Å². The second-order valence-electron chi connectivity index (χ2n) is 4.82. The topological polar surface area (TPSA) is 29.1 Å². The summed E-state index contributed by atoms with van der Waals surface area (Å²) in [6.07, 6.45) is 1.93. The lowest BCUT2D eigenvalue weighted by atomic mass is 10.1. The van der Waals surface area contributed by atoms with Crippen molar-refractivity contribution in [2.24, 2.45) is 0 Å². The van der Waals surface area contributed by atoms with Crippen LogP contribution in [0, 0.1) is 6.92 Å². The summed E-state index contributed by atoms with van der Waals surface area (Å²) in [7, 11) is 0. The summed E-state index contributed by atoms with van der Waals surface area (Å²) in [6, 6.07) is 16.0. The molecular weight excluding hydrogens is 314 g/mol. The summed E-state index contributed by atoms with van der Waals surface area (Å²) < 4.78 is 0.830. The Labute approximate surface area is 128 Å². The van der Waals surface area contributed by atoms with Gasteiger partial charge in [0.15, 0.2) is 0 Å². The van der Waals surface area contributed by atoms with Crippen molar-refractivity contribution in [2.75, 3.05) is 6.54 Å². The molecule has 0 saturated heterocycles. The lowest BCUT2D eigenvalue weighted by Gasteiger charge is -2.07. The standard InChI is InChI=1S/C17H18BrNO/c1-13-8-10-14(11-9-13)5-4-12-19-17(20)15-6-2-3-7-16(15)18/h2-3,6-11H,4-5,12H2,1H3,(H,19,20). The van der Waals surface area contributed by atoms with Gasteiger partial charge in [-0.2, -0.15) is 0 Å². The minimum absolute atomic E-state index is 0.0265. The number of hydrogen-bond donors (Lipinski definition) is 1. The predicted octanol–water partition coefficient (Wildman–Crippen LogP) is 4.12. The van der Waals surface area contributed by atoms with Crippen LogP contribution in [0.25, 0.3) is 0 Å². The third-order valence-electron chi connectivity index (χ3n) is 3.17. The molecule has 0 radical (unpaired) electrons. The molecule has 3 heteroatoms. The Morgan fingerprint density at radius 2 is 1.80 bits per heavy atom. The summed E-state index contributed by atoms with van der Waals surface area (Å²) in [6.45, 7) is 2.77. The van der Waals surface area contributed by atoms with Crippen molar-refractivity contribution < 1.29 is 4.79 Å². The highest BCUT2D eigenvalue weighted by atomic mass is 79.9. The zero-order chi connectivity index (χ0) is 14.4. The molecule has 20 heavy (non-hydrogen) atoms. The minimum atomic E-state index is -0.0265. The van der Waals surface area contributed by atoms with Crippen LogP contribution < -0.4 is 5.32 Å². The maximum atomic E-state index is 12.0. The molecule has 2 rings (SSSR count). The Balaban J connectivity index is 1.77. The van der Waals surface area contributed by atoms with Crippen LogP contribution in [0.2, 0.25) is 0 Å². The Kier molecular flexibility index (Phi) is 5.36. The molecule has 0 unspecified atom stereocenters. The number of benzene rings is 2. The van der Waals surface area contributed by atoms with Gasteiger partial charge < -0.3 is 5.32 Å². The largest absolute Gasteiger partial charge is 0.352 e. The summed E-state index contributed by atoms with van der Waals surface area (Å²) >= 11 is 3.39. The summed E-state index contributed by atoms with van der Waals surface area (Å²) in [5, 5.41) is 2.95. The SMILES string of the molecule is Cc1ccc(CCCNC(=O)c2ccccc2Br)cc1. The number of carbonyl (C=O) groups excluding carboxylic acids is 1. The van der Waals surface area contributed by atoms with E-state index in [1.54, 1.807) is 0 Å². The van der Waals surface area contributed by atoms with Crippen LogP contribution in [0.1, 0.15) is 27.9 Å². The molecule has 0 aromatic heterocycles. The fraction of sp³-hybridized carbons (Fsp3) is 0.235. The number of halogens is 1. The van der Waals surface area contributed by atoms with Crippen LogP contribution in [-0.2, 0) is 6.42 Å². The molecular formula is C17H18BrNO. The number of amides is 1. The molecule has 0 aliphatic carbocycles. The number of nitrogens with one attached hydrogen (secondary N) is 1. The van der Waals surface area contributed by atoms with E-state index < -0.39 is 0 Å². The molecule has 0 saturated carbocycles. The number of aryl methyl sites for hydroxylation is 2. The smallest absolute Gasteiger partial charge is 0.252 e. The number of carbonyl (C=O) groups is 1. The molecule has 0 aliphatic heterocycles. The van der Waals surface area contributed by atoms with Gasteiger partial charge in [0.25, 0.3) is 5.91 Å². The molecule has 2 aromatic carbocycles. The Morgan fingerprint density at radius 3 is 2.50 bits per heavy atom. The van der Waals surface area contributed by atoms with Crippen LogP contribution in [-0.4, -0.2) is 12.5 Å². The quantitative estimate of drug-likeness (QED) is 0.820. The first-order valence-corrected chi connectivity index (χ1v) is 7.54. The normalized spacial score (nSPS) is 10.3. The first-order valence-electron chi connectivity index (χ1n) is 6.75. The molecule has 2 nitrogen and oxygen atoms in total. The van der Waals surface area contributed by atoms with Crippen LogP contribution in [0.3, 0.4) is 0 Å². The second kappa shape index (κ2) is 7.25. The molecule has 104 valence electrons. The molecule has 2 aromatic rings. The van der Waals surface area contributed by atoms with Gasteiger partial charge in [0.2, 0.25) is 0 Å². The average molecular weight is 332 g/mol. The molecule has 0 bridgehead atoms. The zero-order valence-electron chi connectivity index (χ0n) is 11.5. The van der Waals surface area contributed by atoms with Gasteiger partial charge in [-0.3, -0.25) is 4.79 Å². The van der Waals surface area contributed by atoms with Gasteiger partial charge in [0.1, 0.15) is 0 Å². The zero-order valence-corrected chi connectivity index (χ0v) is 13.1. The van der Waals surface area contributed by atoms with E-state index in [1.807, 2.05) is 24.3 Å². The van der Waals surface area contributed by atoms with Crippen molar-refractivity contribution in [3.05, 3.63) is 69.7 Å². The molecule has 0 spiro atoms. The first kappa shape index (κ1) is 14.8. The van der Waals surface area contributed by atoms with E-state index in [0.717, 1.165) is 17.3 Å². The van der Waals surface area contributed by atoms with Crippen LogP contribution in [0.4, 0.5) is 0 Å². The van der Waals surface area contributed by atoms with E-state index >= 15 is 0 Å². The summed E-state index contributed by atoms with van der Waals surface area (Å²) in [4.78, 5) is 12.0. The third-order valence-corrected chi connectivity index (χ3v) is 3.86. The van der Waals surface area contributed by atoms with Crippen LogP contribution in [0.5, 0.6) is 0 Å². The summed E-state index contributed by atoms with van der Waals surface area (Å²) in [5.41, 5.74) is 3.27. The van der Waals surface area contributed by atoms with E-state index in [0.29, 0.717) is 12.1 Å². The van der Waals surface area contributed by atoms with E-state index in [-0.39, 0.29) is 5.91 Å². The first-order chi connectivity index (χ1) is 9.66. The van der Waals surface area contributed by atoms with Crippen molar-refractivity contribution in [1.82, 2.24) is 5.32 Å². The lowest BCUT2D eigenvalue weighted by Crippen LogP contribution is -2.25. The van der Waals surface area contributed by atoms with Gasteiger partial charge in [-0.25, -0.2) is 0 Å². The van der Waals surface area contributed by atoms with E-state index in [4.69, 9.17) is 0 Å². The fourth-order valence-corrected chi connectivity index (χ4v) is 2.45. The van der Waals surface area contributed by atoms with Gasteiger partial charge >= 0.3 is 0 Å². The molecule has 0 fully saturated rings. The maximum absolute atomic E-state index is 12.0. The van der Waals surface area contributed by atoms with Crippen molar-refractivity contribution in [3.8, 4) is 0 Å². The Morgan fingerprint density at radius 1 is 1.10 bits per heavy atom. The van der Waals surface area contributed by atoms with Gasteiger partial charge in [-0.1, -0.05) is 42.0 Å². The molecule has 1 N–H and O–H groups in total. The highest BCUT2D eigenvalue weighted by molar-refractivity contribution is 9.10. The minimum Gasteiger partial charge on any atom is -0.352 e. The van der Waals surface area contributed by atoms with Gasteiger partial charge in [0, 0.05) is 11.0 Å². The monoisotopic (exact) mass is 331 g/mol. The van der Waals surface area contributed by atoms with Gasteiger partial charge in [-0.05, 0) is 53.4 Å². The molecule has 0 aliphatic rings. The van der Waals surface area contributed by atoms with Gasteiger partial charge in [-0.15, -0.1) is 0 Å². The molecule has 0 atom stereocenters. The van der Waals surface area contributed by atoms with Crippen molar-refractivity contribution in [3.63, 3.8) is 0 Å². The van der Waals surface area contributed by atoms with Gasteiger partial charge in [0.05, 0.1) is 5.56 Å². The predicted molar refractivity (Wildman–Crippen MR) is 86.0 cm³/mol. The van der Waals surface area contributed by atoms with Crippen molar-refractivity contribution >= 4 is 21.8 Å². The molecule has 1 amide bonds. The average Bonchev–Trinajstić information content (AvgIpc) is 2.46. The van der Waals surface area contributed by atoms with Crippen LogP contribution >= 0.6 is 15.9 Å². The number of hydrogen-bond acceptors (Lipinski definition) is 1. The van der Waals surface area contributed by atoms with Crippen LogP contribution in [0.15, 0.2) is 53.0 Å². The molecule has 0 heterocycles.